The van der Waals surface area contributed by atoms with E-state index in [9.17, 15) is 14.7 Å². The van der Waals surface area contributed by atoms with Gasteiger partial charge in [0.25, 0.3) is 0 Å². The van der Waals surface area contributed by atoms with Crippen LogP contribution in [0.25, 0.3) is 0 Å². The van der Waals surface area contributed by atoms with Gasteiger partial charge in [-0.15, -0.1) is 0 Å². The van der Waals surface area contributed by atoms with Crippen LogP contribution in [0.15, 0.2) is 24.3 Å². The number of hydrogen-bond acceptors (Lipinski definition) is 4. The Labute approximate surface area is 146 Å². The molecule has 1 aliphatic heterocycles. The third-order valence-corrected chi connectivity index (χ3v) is 4.02. The zero-order valence-corrected chi connectivity index (χ0v) is 15.0. The fourth-order valence-corrected chi connectivity index (χ4v) is 2.81. The van der Waals surface area contributed by atoms with Crippen LogP contribution in [-0.4, -0.2) is 45.9 Å². The number of rotatable bonds is 3. The average molecular weight is 356 g/mol. The van der Waals surface area contributed by atoms with Crippen molar-refractivity contribution in [2.75, 3.05) is 6.54 Å². The van der Waals surface area contributed by atoms with Gasteiger partial charge in [0.05, 0.1) is 6.54 Å². The SMILES string of the molecule is CC(C)(C)OC(=O)N1C[C@@H](Oc2cccc(Cl)c2)C[C@@]1(C)C(=O)O. The van der Waals surface area contributed by atoms with Gasteiger partial charge >= 0.3 is 12.1 Å². The first-order valence-electron chi connectivity index (χ1n) is 7.67. The van der Waals surface area contributed by atoms with Gasteiger partial charge in [-0.2, -0.15) is 0 Å². The van der Waals surface area contributed by atoms with E-state index in [1.165, 1.54) is 11.8 Å². The van der Waals surface area contributed by atoms with Crippen LogP contribution in [0.4, 0.5) is 4.79 Å². The van der Waals surface area contributed by atoms with Crippen LogP contribution >= 0.6 is 11.6 Å². The molecule has 0 saturated carbocycles. The summed E-state index contributed by atoms with van der Waals surface area (Å²) < 4.78 is 11.1. The van der Waals surface area contributed by atoms with Crippen molar-refractivity contribution in [2.45, 2.75) is 51.4 Å². The van der Waals surface area contributed by atoms with Gasteiger partial charge in [0.2, 0.25) is 0 Å². The lowest BCUT2D eigenvalue weighted by Crippen LogP contribution is -2.52. The molecule has 1 fully saturated rings. The van der Waals surface area contributed by atoms with E-state index >= 15 is 0 Å². The smallest absolute Gasteiger partial charge is 0.411 e. The molecule has 0 spiro atoms. The molecule has 1 amide bonds. The molecule has 24 heavy (non-hydrogen) atoms. The van der Waals surface area contributed by atoms with E-state index in [2.05, 4.69) is 0 Å². The van der Waals surface area contributed by atoms with Gasteiger partial charge in [-0.1, -0.05) is 17.7 Å². The highest BCUT2D eigenvalue weighted by molar-refractivity contribution is 6.30. The highest BCUT2D eigenvalue weighted by Crippen LogP contribution is 2.33. The minimum Gasteiger partial charge on any atom is -0.488 e. The summed E-state index contributed by atoms with van der Waals surface area (Å²) in [6.45, 7) is 6.84. The summed E-state index contributed by atoms with van der Waals surface area (Å²) in [5.41, 5.74) is -2.09. The van der Waals surface area contributed by atoms with Gasteiger partial charge in [0.15, 0.2) is 0 Å². The lowest BCUT2D eigenvalue weighted by atomic mass is 9.98. The van der Waals surface area contributed by atoms with E-state index in [-0.39, 0.29) is 13.0 Å². The molecule has 1 saturated heterocycles. The number of halogens is 1. The van der Waals surface area contributed by atoms with Crippen molar-refractivity contribution in [3.05, 3.63) is 29.3 Å². The van der Waals surface area contributed by atoms with Crippen molar-refractivity contribution < 1.29 is 24.2 Å². The number of carbonyl (C=O) groups excluding carboxylic acids is 1. The number of carboxylic acids is 1. The average Bonchev–Trinajstić information content (AvgIpc) is 2.75. The summed E-state index contributed by atoms with van der Waals surface area (Å²) in [5, 5.41) is 10.1. The predicted octanol–water partition coefficient (Wildman–Crippen LogP) is 3.57. The normalized spacial score (nSPS) is 23.9. The number of amides is 1. The fourth-order valence-electron chi connectivity index (χ4n) is 2.63. The molecule has 0 aromatic heterocycles. The van der Waals surface area contributed by atoms with E-state index in [4.69, 9.17) is 21.1 Å². The quantitative estimate of drug-likeness (QED) is 0.896. The maximum absolute atomic E-state index is 12.4. The topological polar surface area (TPSA) is 76.1 Å². The second-order valence-electron chi connectivity index (χ2n) is 7.07. The highest BCUT2D eigenvalue weighted by atomic mass is 35.5. The van der Waals surface area contributed by atoms with Crippen LogP contribution in [0.2, 0.25) is 5.02 Å². The molecule has 1 aliphatic rings. The van der Waals surface area contributed by atoms with E-state index in [0.29, 0.717) is 10.8 Å². The molecule has 0 aliphatic carbocycles. The maximum Gasteiger partial charge on any atom is 0.411 e. The van der Waals surface area contributed by atoms with Gasteiger partial charge in [-0.25, -0.2) is 9.59 Å². The first-order chi connectivity index (χ1) is 11.0. The van der Waals surface area contributed by atoms with E-state index in [1.54, 1.807) is 45.0 Å². The number of benzene rings is 1. The van der Waals surface area contributed by atoms with Crippen LogP contribution in [0.1, 0.15) is 34.1 Å². The van der Waals surface area contributed by atoms with Gasteiger partial charge in [-0.05, 0) is 45.9 Å². The van der Waals surface area contributed by atoms with Crippen molar-refractivity contribution in [2.24, 2.45) is 0 Å². The van der Waals surface area contributed by atoms with Gasteiger partial charge in [0, 0.05) is 11.4 Å². The molecular weight excluding hydrogens is 334 g/mol. The molecular formula is C17H22ClNO5. The number of carbonyl (C=O) groups is 2. The molecule has 1 N–H and O–H groups in total. The second kappa shape index (κ2) is 6.51. The van der Waals surface area contributed by atoms with Crippen molar-refractivity contribution in [1.29, 1.82) is 0 Å². The predicted molar refractivity (Wildman–Crippen MR) is 89.5 cm³/mol. The molecule has 0 radical (unpaired) electrons. The van der Waals surface area contributed by atoms with Crippen LogP contribution in [0.5, 0.6) is 5.75 Å². The van der Waals surface area contributed by atoms with E-state index < -0.39 is 29.3 Å². The molecule has 2 rings (SSSR count). The van der Waals surface area contributed by atoms with Crippen molar-refractivity contribution in [3.8, 4) is 5.75 Å². The van der Waals surface area contributed by atoms with Gasteiger partial charge in [-0.3, -0.25) is 4.90 Å². The Bertz CT molecular complexity index is 642. The molecule has 132 valence electrons. The largest absolute Gasteiger partial charge is 0.488 e. The van der Waals surface area contributed by atoms with E-state index in [1.807, 2.05) is 0 Å². The van der Waals surface area contributed by atoms with Crippen LogP contribution in [-0.2, 0) is 9.53 Å². The number of likely N-dealkylation sites (tertiary alicyclic amines) is 1. The molecule has 1 heterocycles. The Morgan fingerprint density at radius 1 is 1.38 bits per heavy atom. The maximum atomic E-state index is 12.4. The number of hydrogen-bond donors (Lipinski definition) is 1. The molecule has 0 unspecified atom stereocenters. The van der Waals surface area contributed by atoms with Crippen molar-refractivity contribution in [1.82, 2.24) is 4.90 Å². The second-order valence-corrected chi connectivity index (χ2v) is 7.51. The molecule has 2 atom stereocenters. The van der Waals surface area contributed by atoms with Crippen LogP contribution in [0, 0.1) is 0 Å². The third-order valence-electron chi connectivity index (χ3n) is 3.78. The van der Waals surface area contributed by atoms with Crippen LogP contribution in [0.3, 0.4) is 0 Å². The Kier molecular flexibility index (Phi) is 4.99. The fraction of sp³-hybridized carbons (Fsp3) is 0.529. The minimum absolute atomic E-state index is 0.129. The Balaban J connectivity index is 2.18. The third kappa shape index (κ3) is 4.12. The van der Waals surface area contributed by atoms with Crippen molar-refractivity contribution >= 4 is 23.7 Å². The lowest BCUT2D eigenvalue weighted by Gasteiger charge is -2.32. The number of carboxylic acid groups (broad SMARTS) is 1. The first-order valence-corrected chi connectivity index (χ1v) is 8.05. The van der Waals surface area contributed by atoms with Gasteiger partial charge in [0.1, 0.15) is 23.0 Å². The monoisotopic (exact) mass is 355 g/mol. The summed E-state index contributed by atoms with van der Waals surface area (Å²) in [4.78, 5) is 25.3. The van der Waals surface area contributed by atoms with Crippen LogP contribution < -0.4 is 4.74 Å². The number of aliphatic carboxylic acids is 1. The summed E-state index contributed by atoms with van der Waals surface area (Å²) in [7, 11) is 0. The molecule has 1 aromatic rings. The first kappa shape index (κ1) is 18.4. The molecule has 1 aromatic carbocycles. The Morgan fingerprint density at radius 3 is 2.58 bits per heavy atom. The molecule has 6 nitrogen and oxygen atoms in total. The summed E-state index contributed by atoms with van der Waals surface area (Å²) in [5.74, 6) is -0.558. The van der Waals surface area contributed by atoms with Crippen molar-refractivity contribution in [3.63, 3.8) is 0 Å². The standard InChI is InChI=1S/C17H22ClNO5/c1-16(2,3)24-15(22)19-10-13(9-17(19,4)14(20)21)23-12-7-5-6-11(18)8-12/h5-8,13H,9-10H2,1-4H3,(H,20,21)/t13-,17-/m0/s1. The zero-order chi connectivity index (χ0) is 18.1. The highest BCUT2D eigenvalue weighted by Gasteiger charge is 2.52. The Hall–Kier alpha value is -1.95. The molecule has 0 bridgehead atoms. The molecule has 7 heteroatoms. The summed E-state index contributed by atoms with van der Waals surface area (Å²) in [6, 6.07) is 6.85. The van der Waals surface area contributed by atoms with E-state index in [0.717, 1.165) is 0 Å². The minimum atomic E-state index is -1.38. The summed E-state index contributed by atoms with van der Waals surface area (Å²) >= 11 is 5.93. The number of ether oxygens (including phenoxy) is 2. The number of nitrogens with zero attached hydrogens (tertiary/aromatic N) is 1. The Morgan fingerprint density at radius 2 is 2.04 bits per heavy atom. The summed E-state index contributed by atoms with van der Waals surface area (Å²) in [6.07, 6.45) is -0.963. The lowest BCUT2D eigenvalue weighted by molar-refractivity contribution is -0.148. The zero-order valence-electron chi connectivity index (χ0n) is 14.2. The van der Waals surface area contributed by atoms with Gasteiger partial charge < -0.3 is 14.6 Å².